The van der Waals surface area contributed by atoms with Crippen molar-refractivity contribution in [2.75, 3.05) is 33.2 Å². The predicted octanol–water partition coefficient (Wildman–Crippen LogP) is 3.13. The molecule has 0 bridgehead atoms. The molecule has 3 rings (SSSR count). The highest BCUT2D eigenvalue weighted by atomic mass is 79.9. The first-order chi connectivity index (χ1) is 12.5. The standard InChI is InChI=1S/C18H22BrN3O3S/c1-21(18(24)15-6-7-16(19)26-15)12-17(23)20-11-13(14-5-4-10-25-14)22-8-2-3-9-22/h4-7,10,13H,2-3,8-9,11-12H2,1H3,(H,20,23). The van der Waals surface area contributed by atoms with Gasteiger partial charge in [-0.2, -0.15) is 0 Å². The highest BCUT2D eigenvalue weighted by Crippen LogP contribution is 2.25. The quantitative estimate of drug-likeness (QED) is 0.719. The molecular formula is C18H22BrN3O3S. The summed E-state index contributed by atoms with van der Waals surface area (Å²) in [7, 11) is 1.64. The molecule has 1 saturated heterocycles. The maximum absolute atomic E-state index is 12.3. The number of likely N-dealkylation sites (tertiary alicyclic amines) is 1. The number of hydrogen-bond donors (Lipinski definition) is 1. The van der Waals surface area contributed by atoms with Crippen LogP contribution in [0.25, 0.3) is 0 Å². The van der Waals surface area contributed by atoms with Crippen LogP contribution in [0.1, 0.15) is 34.3 Å². The molecule has 1 aliphatic heterocycles. The predicted molar refractivity (Wildman–Crippen MR) is 104 cm³/mol. The van der Waals surface area contributed by atoms with Crippen LogP contribution in [0.4, 0.5) is 0 Å². The van der Waals surface area contributed by atoms with E-state index in [-0.39, 0.29) is 24.4 Å². The van der Waals surface area contributed by atoms with Gasteiger partial charge in [0.15, 0.2) is 0 Å². The molecule has 1 N–H and O–H groups in total. The largest absolute Gasteiger partial charge is 0.468 e. The van der Waals surface area contributed by atoms with E-state index in [9.17, 15) is 9.59 Å². The maximum atomic E-state index is 12.3. The number of hydrogen-bond acceptors (Lipinski definition) is 5. The van der Waals surface area contributed by atoms with Crippen LogP contribution in [0.15, 0.2) is 38.7 Å². The second-order valence-corrected chi connectivity index (χ2v) is 8.81. The molecular weight excluding hydrogens is 418 g/mol. The monoisotopic (exact) mass is 439 g/mol. The Morgan fingerprint density at radius 1 is 1.35 bits per heavy atom. The summed E-state index contributed by atoms with van der Waals surface area (Å²) in [5.74, 6) is 0.533. The Morgan fingerprint density at radius 3 is 2.73 bits per heavy atom. The van der Waals surface area contributed by atoms with E-state index in [1.165, 1.54) is 29.1 Å². The summed E-state index contributed by atoms with van der Waals surface area (Å²) in [5.41, 5.74) is 0. The molecule has 2 aromatic rings. The number of nitrogens with one attached hydrogen (secondary N) is 1. The third kappa shape index (κ3) is 4.75. The Morgan fingerprint density at radius 2 is 2.12 bits per heavy atom. The number of halogens is 1. The highest BCUT2D eigenvalue weighted by Gasteiger charge is 2.26. The molecule has 0 spiro atoms. The van der Waals surface area contributed by atoms with E-state index >= 15 is 0 Å². The van der Waals surface area contributed by atoms with Crippen LogP contribution < -0.4 is 5.32 Å². The van der Waals surface area contributed by atoms with Crippen LogP contribution in [-0.4, -0.2) is 54.8 Å². The van der Waals surface area contributed by atoms with E-state index in [0.717, 1.165) is 22.6 Å². The van der Waals surface area contributed by atoms with Crippen LogP contribution >= 0.6 is 27.3 Å². The topological polar surface area (TPSA) is 65.8 Å². The zero-order valence-corrected chi connectivity index (χ0v) is 17.0. The molecule has 1 aliphatic rings. The number of thiophene rings is 1. The van der Waals surface area contributed by atoms with Gasteiger partial charge in [-0.25, -0.2) is 0 Å². The van der Waals surface area contributed by atoms with Crippen LogP contribution in [-0.2, 0) is 4.79 Å². The summed E-state index contributed by atoms with van der Waals surface area (Å²) >= 11 is 4.71. The molecule has 0 aliphatic carbocycles. The lowest BCUT2D eigenvalue weighted by Crippen LogP contribution is -2.42. The maximum Gasteiger partial charge on any atom is 0.264 e. The average Bonchev–Trinajstić information content (AvgIpc) is 3.37. The number of amides is 2. The van der Waals surface area contributed by atoms with Gasteiger partial charge < -0.3 is 14.6 Å². The summed E-state index contributed by atoms with van der Waals surface area (Å²) in [6, 6.07) is 7.43. The van der Waals surface area contributed by atoms with Gasteiger partial charge in [-0.05, 0) is 66.1 Å². The Bertz CT molecular complexity index is 741. The SMILES string of the molecule is CN(CC(=O)NCC(c1ccco1)N1CCCC1)C(=O)c1ccc(Br)s1. The van der Waals surface area contributed by atoms with Crippen molar-refractivity contribution in [2.45, 2.75) is 18.9 Å². The van der Waals surface area contributed by atoms with Gasteiger partial charge >= 0.3 is 0 Å². The summed E-state index contributed by atoms with van der Waals surface area (Å²) in [5, 5.41) is 2.95. The van der Waals surface area contributed by atoms with Gasteiger partial charge in [-0.1, -0.05) is 0 Å². The van der Waals surface area contributed by atoms with Crippen LogP contribution in [0.3, 0.4) is 0 Å². The fourth-order valence-electron chi connectivity index (χ4n) is 3.11. The second-order valence-electron chi connectivity index (χ2n) is 6.34. The van der Waals surface area contributed by atoms with E-state index in [2.05, 4.69) is 26.1 Å². The molecule has 1 unspecified atom stereocenters. The van der Waals surface area contributed by atoms with E-state index in [4.69, 9.17) is 4.42 Å². The molecule has 0 saturated carbocycles. The molecule has 26 heavy (non-hydrogen) atoms. The molecule has 2 aromatic heterocycles. The molecule has 2 amide bonds. The van der Waals surface area contributed by atoms with Crippen LogP contribution in [0.2, 0.25) is 0 Å². The summed E-state index contributed by atoms with van der Waals surface area (Å²) in [6.07, 6.45) is 3.99. The van der Waals surface area contributed by atoms with Crippen molar-refractivity contribution in [1.82, 2.24) is 15.1 Å². The van der Waals surface area contributed by atoms with Crippen molar-refractivity contribution in [3.63, 3.8) is 0 Å². The second kappa shape index (κ2) is 8.83. The minimum absolute atomic E-state index is 0.0270. The average molecular weight is 440 g/mol. The first-order valence-electron chi connectivity index (χ1n) is 8.59. The lowest BCUT2D eigenvalue weighted by Gasteiger charge is -2.26. The zero-order valence-electron chi connectivity index (χ0n) is 14.6. The van der Waals surface area contributed by atoms with E-state index in [1.807, 2.05) is 18.2 Å². The van der Waals surface area contributed by atoms with Gasteiger partial charge in [0, 0.05) is 13.6 Å². The summed E-state index contributed by atoms with van der Waals surface area (Å²) in [6.45, 7) is 2.51. The zero-order chi connectivity index (χ0) is 18.5. The summed E-state index contributed by atoms with van der Waals surface area (Å²) < 4.78 is 6.45. The van der Waals surface area contributed by atoms with Gasteiger partial charge in [-0.15, -0.1) is 11.3 Å². The Balaban J connectivity index is 1.54. The first-order valence-corrected chi connectivity index (χ1v) is 10.2. The van der Waals surface area contributed by atoms with E-state index in [0.29, 0.717) is 11.4 Å². The normalized spacial score (nSPS) is 15.8. The Labute approximate surface area is 165 Å². The van der Waals surface area contributed by atoms with Gasteiger partial charge in [-0.3, -0.25) is 14.5 Å². The van der Waals surface area contributed by atoms with Gasteiger partial charge in [0.1, 0.15) is 5.76 Å². The van der Waals surface area contributed by atoms with Crippen molar-refractivity contribution in [3.05, 3.63) is 45.0 Å². The Hall–Kier alpha value is -1.64. The highest BCUT2D eigenvalue weighted by molar-refractivity contribution is 9.11. The lowest BCUT2D eigenvalue weighted by molar-refractivity contribution is -0.121. The first kappa shape index (κ1) is 19.1. The number of likely N-dealkylation sites (N-methyl/N-ethyl adjacent to an activating group) is 1. The van der Waals surface area contributed by atoms with E-state index in [1.54, 1.807) is 19.4 Å². The minimum atomic E-state index is -0.174. The van der Waals surface area contributed by atoms with Gasteiger partial charge in [0.25, 0.3) is 5.91 Å². The van der Waals surface area contributed by atoms with Crippen molar-refractivity contribution in [1.29, 1.82) is 0 Å². The van der Waals surface area contributed by atoms with Crippen molar-refractivity contribution >= 4 is 39.1 Å². The minimum Gasteiger partial charge on any atom is -0.468 e. The van der Waals surface area contributed by atoms with Crippen LogP contribution in [0, 0.1) is 0 Å². The number of nitrogens with zero attached hydrogens (tertiary/aromatic N) is 2. The molecule has 140 valence electrons. The molecule has 3 heterocycles. The molecule has 8 heteroatoms. The van der Waals surface area contributed by atoms with Crippen molar-refractivity contribution in [3.8, 4) is 0 Å². The molecule has 6 nitrogen and oxygen atoms in total. The molecule has 0 aromatic carbocycles. The third-order valence-electron chi connectivity index (χ3n) is 4.46. The van der Waals surface area contributed by atoms with Crippen LogP contribution in [0.5, 0.6) is 0 Å². The number of carbonyl (C=O) groups excluding carboxylic acids is 2. The molecule has 1 fully saturated rings. The smallest absolute Gasteiger partial charge is 0.264 e. The number of furan rings is 1. The van der Waals surface area contributed by atoms with Gasteiger partial charge in [0.2, 0.25) is 5.91 Å². The van der Waals surface area contributed by atoms with E-state index < -0.39 is 0 Å². The molecule has 1 atom stereocenters. The third-order valence-corrected chi connectivity index (χ3v) is 6.07. The summed E-state index contributed by atoms with van der Waals surface area (Å²) in [4.78, 5) is 29.0. The molecule has 0 radical (unpaired) electrons. The number of rotatable bonds is 7. The number of carbonyl (C=O) groups is 2. The Kier molecular flexibility index (Phi) is 6.50. The van der Waals surface area contributed by atoms with Gasteiger partial charge in [0.05, 0.1) is 27.5 Å². The fourth-order valence-corrected chi connectivity index (χ4v) is 4.50. The van der Waals surface area contributed by atoms with Crippen molar-refractivity contribution < 1.29 is 14.0 Å². The fraction of sp³-hybridized carbons (Fsp3) is 0.444. The van der Waals surface area contributed by atoms with Crippen molar-refractivity contribution in [2.24, 2.45) is 0 Å². The lowest BCUT2D eigenvalue weighted by atomic mass is 10.2.